The molecule has 0 N–H and O–H groups in total. The van der Waals surface area contributed by atoms with E-state index in [0.29, 0.717) is 18.4 Å². The maximum Gasteiger partial charge on any atom is 0.188 e. The average molecular weight is 288 g/mol. The largest absolute Gasteiger partial charge is 0.493 e. The highest BCUT2D eigenvalue weighted by molar-refractivity contribution is 6.07. The summed E-state index contributed by atoms with van der Waals surface area (Å²) in [6.07, 6.45) is 2.80. The number of allylic oxidation sites excluding steroid dienone is 1. The summed E-state index contributed by atoms with van der Waals surface area (Å²) in [4.78, 5) is 11.9. The van der Waals surface area contributed by atoms with Crippen molar-refractivity contribution in [3.63, 3.8) is 0 Å². The molecule has 0 aliphatic rings. The molecule has 0 aromatic heterocycles. The van der Waals surface area contributed by atoms with Gasteiger partial charge in [0.1, 0.15) is 17.4 Å². The van der Waals surface area contributed by atoms with Crippen LogP contribution in [0.15, 0.2) is 48.5 Å². The van der Waals surface area contributed by atoms with Crippen molar-refractivity contribution in [3.05, 3.63) is 71.3 Å². The molecule has 2 aromatic carbocycles. The lowest BCUT2D eigenvalue weighted by molar-refractivity contribution is 0.104. The Bertz CT molecular complexity index is 678. The zero-order valence-electron chi connectivity index (χ0n) is 11.5. The van der Waals surface area contributed by atoms with Crippen molar-refractivity contribution < 1.29 is 18.3 Å². The van der Waals surface area contributed by atoms with Gasteiger partial charge in [-0.25, -0.2) is 8.78 Å². The van der Waals surface area contributed by atoms with Gasteiger partial charge >= 0.3 is 0 Å². The Labute approximate surface area is 121 Å². The van der Waals surface area contributed by atoms with E-state index in [1.54, 1.807) is 18.2 Å². The number of benzene rings is 2. The molecule has 2 nitrogen and oxygen atoms in total. The highest BCUT2D eigenvalue weighted by Gasteiger charge is 2.10. The Morgan fingerprint density at radius 2 is 1.95 bits per heavy atom. The molecule has 21 heavy (non-hydrogen) atoms. The SMILES string of the molecule is CCOc1ccccc1/C=C/C(=O)c1ccc(F)cc1F. The minimum atomic E-state index is -0.872. The Balaban J connectivity index is 2.23. The molecule has 0 saturated carbocycles. The molecule has 0 saturated heterocycles. The molecule has 0 bridgehead atoms. The van der Waals surface area contributed by atoms with Crippen LogP contribution >= 0.6 is 0 Å². The normalized spacial score (nSPS) is 10.8. The van der Waals surface area contributed by atoms with E-state index in [-0.39, 0.29) is 5.56 Å². The van der Waals surface area contributed by atoms with Gasteiger partial charge in [-0.15, -0.1) is 0 Å². The molecule has 0 aliphatic carbocycles. The molecule has 0 unspecified atom stereocenters. The summed E-state index contributed by atoms with van der Waals surface area (Å²) in [7, 11) is 0. The van der Waals surface area contributed by atoms with Gasteiger partial charge in [0.05, 0.1) is 12.2 Å². The van der Waals surface area contributed by atoms with Crippen LogP contribution in [0.4, 0.5) is 8.78 Å². The topological polar surface area (TPSA) is 26.3 Å². The first-order valence-electron chi connectivity index (χ1n) is 6.51. The molecular formula is C17H14F2O2. The molecular weight excluding hydrogens is 274 g/mol. The lowest BCUT2D eigenvalue weighted by Gasteiger charge is -2.06. The third-order valence-electron chi connectivity index (χ3n) is 2.83. The van der Waals surface area contributed by atoms with E-state index in [9.17, 15) is 13.6 Å². The Kier molecular flexibility index (Phi) is 4.82. The molecule has 0 amide bonds. The number of hydrogen-bond donors (Lipinski definition) is 0. The van der Waals surface area contributed by atoms with Crippen LogP contribution in [0, 0.1) is 11.6 Å². The average Bonchev–Trinajstić information content (AvgIpc) is 2.46. The van der Waals surface area contributed by atoms with Gasteiger partial charge in [-0.05, 0) is 37.3 Å². The van der Waals surface area contributed by atoms with Gasteiger partial charge in [0.2, 0.25) is 0 Å². The predicted octanol–water partition coefficient (Wildman–Crippen LogP) is 4.26. The Hall–Kier alpha value is -2.49. The maximum absolute atomic E-state index is 13.5. The van der Waals surface area contributed by atoms with Gasteiger partial charge in [0.25, 0.3) is 0 Å². The predicted molar refractivity (Wildman–Crippen MR) is 77.3 cm³/mol. The maximum atomic E-state index is 13.5. The number of ketones is 1. The standard InChI is InChI=1S/C17H14F2O2/c1-2-21-17-6-4-3-5-12(17)7-10-16(20)14-9-8-13(18)11-15(14)19/h3-11H,2H2,1H3/b10-7+. The fourth-order valence-electron chi connectivity index (χ4n) is 1.85. The number of ether oxygens (including phenoxy) is 1. The van der Waals surface area contributed by atoms with Crippen molar-refractivity contribution in [2.75, 3.05) is 6.61 Å². The minimum absolute atomic E-state index is 0.165. The third kappa shape index (κ3) is 3.75. The summed E-state index contributed by atoms with van der Waals surface area (Å²) in [6, 6.07) is 10.1. The van der Waals surface area contributed by atoms with Crippen LogP contribution in [0.5, 0.6) is 5.75 Å². The molecule has 0 fully saturated rings. The van der Waals surface area contributed by atoms with Crippen LogP contribution in [0.25, 0.3) is 6.08 Å². The number of rotatable bonds is 5. The molecule has 0 heterocycles. The second kappa shape index (κ2) is 6.79. The van der Waals surface area contributed by atoms with Crippen molar-refractivity contribution in [2.24, 2.45) is 0 Å². The highest BCUT2D eigenvalue weighted by atomic mass is 19.1. The van der Waals surface area contributed by atoms with Crippen LogP contribution in [0.1, 0.15) is 22.8 Å². The summed E-state index contributed by atoms with van der Waals surface area (Å²) >= 11 is 0. The molecule has 0 atom stereocenters. The van der Waals surface area contributed by atoms with Crippen molar-refractivity contribution in [2.45, 2.75) is 6.92 Å². The molecule has 0 aliphatic heterocycles. The monoisotopic (exact) mass is 288 g/mol. The zero-order chi connectivity index (χ0) is 15.2. The summed E-state index contributed by atoms with van der Waals surface area (Å²) < 4.78 is 31.7. The van der Waals surface area contributed by atoms with Crippen molar-refractivity contribution in [3.8, 4) is 5.75 Å². The highest BCUT2D eigenvalue weighted by Crippen LogP contribution is 2.20. The second-order valence-electron chi connectivity index (χ2n) is 4.29. The van der Waals surface area contributed by atoms with Gasteiger partial charge in [0.15, 0.2) is 5.78 Å². The van der Waals surface area contributed by atoms with Gasteiger partial charge < -0.3 is 4.74 Å². The number of halogens is 2. The zero-order valence-corrected chi connectivity index (χ0v) is 11.5. The quantitative estimate of drug-likeness (QED) is 0.607. The number of hydrogen-bond acceptors (Lipinski definition) is 2. The van der Waals surface area contributed by atoms with Crippen LogP contribution in [0.3, 0.4) is 0 Å². The van der Waals surface area contributed by atoms with Crippen LogP contribution < -0.4 is 4.74 Å². The van der Waals surface area contributed by atoms with Crippen LogP contribution in [0.2, 0.25) is 0 Å². The Morgan fingerprint density at radius 1 is 1.19 bits per heavy atom. The first kappa shape index (κ1) is 14.9. The van der Waals surface area contributed by atoms with Gasteiger partial charge in [0, 0.05) is 11.6 Å². The number of carbonyl (C=O) groups is 1. The summed E-state index contributed by atoms with van der Waals surface area (Å²) in [5.41, 5.74) is 0.553. The summed E-state index contributed by atoms with van der Waals surface area (Å²) in [6.45, 7) is 2.37. The van der Waals surface area contributed by atoms with Gasteiger partial charge in [-0.1, -0.05) is 18.2 Å². The Morgan fingerprint density at radius 3 is 2.67 bits per heavy atom. The van der Waals surface area contributed by atoms with E-state index in [4.69, 9.17) is 4.74 Å². The second-order valence-corrected chi connectivity index (χ2v) is 4.29. The number of carbonyl (C=O) groups excluding carboxylic acids is 1. The fourth-order valence-corrected chi connectivity index (χ4v) is 1.85. The molecule has 4 heteroatoms. The fraction of sp³-hybridized carbons (Fsp3) is 0.118. The lowest BCUT2D eigenvalue weighted by atomic mass is 10.1. The van der Waals surface area contributed by atoms with E-state index >= 15 is 0 Å². The van der Waals surface area contributed by atoms with E-state index in [0.717, 1.165) is 17.7 Å². The van der Waals surface area contributed by atoms with Crippen LogP contribution in [-0.2, 0) is 0 Å². The summed E-state index contributed by atoms with van der Waals surface area (Å²) in [5, 5.41) is 0. The van der Waals surface area contributed by atoms with Crippen LogP contribution in [-0.4, -0.2) is 12.4 Å². The third-order valence-corrected chi connectivity index (χ3v) is 2.83. The lowest BCUT2D eigenvalue weighted by Crippen LogP contribution is -1.99. The van der Waals surface area contributed by atoms with E-state index in [1.165, 1.54) is 6.08 Å². The molecule has 2 rings (SSSR count). The molecule has 2 aromatic rings. The van der Waals surface area contributed by atoms with Crippen molar-refractivity contribution >= 4 is 11.9 Å². The molecule has 108 valence electrons. The van der Waals surface area contributed by atoms with E-state index in [1.807, 2.05) is 19.1 Å². The van der Waals surface area contributed by atoms with Crippen molar-refractivity contribution in [1.82, 2.24) is 0 Å². The number of para-hydroxylation sites is 1. The molecule has 0 radical (unpaired) electrons. The first-order valence-corrected chi connectivity index (χ1v) is 6.51. The summed E-state index contributed by atoms with van der Waals surface area (Å²) in [5.74, 6) is -1.47. The van der Waals surface area contributed by atoms with E-state index in [2.05, 4.69) is 0 Å². The van der Waals surface area contributed by atoms with Crippen molar-refractivity contribution in [1.29, 1.82) is 0 Å². The van der Waals surface area contributed by atoms with Gasteiger partial charge in [-0.2, -0.15) is 0 Å². The smallest absolute Gasteiger partial charge is 0.188 e. The van der Waals surface area contributed by atoms with E-state index < -0.39 is 17.4 Å². The van der Waals surface area contributed by atoms with Gasteiger partial charge in [-0.3, -0.25) is 4.79 Å². The first-order chi connectivity index (χ1) is 10.1. The molecule has 0 spiro atoms. The minimum Gasteiger partial charge on any atom is -0.493 e.